The van der Waals surface area contributed by atoms with Crippen molar-refractivity contribution in [3.05, 3.63) is 52.5 Å². The number of hydrazone groups is 1. The third kappa shape index (κ3) is 3.78. The van der Waals surface area contributed by atoms with Crippen LogP contribution in [-0.2, 0) is 14.8 Å². The first-order chi connectivity index (χ1) is 13.1. The van der Waals surface area contributed by atoms with Gasteiger partial charge in [-0.1, -0.05) is 22.0 Å². The van der Waals surface area contributed by atoms with Gasteiger partial charge in [-0.2, -0.15) is 5.10 Å². The molecule has 2 aromatic rings. The number of hydrogen-bond donors (Lipinski definition) is 2. The highest BCUT2D eigenvalue weighted by Crippen LogP contribution is 2.32. The van der Waals surface area contributed by atoms with E-state index in [9.17, 15) is 13.2 Å². The molecule has 0 unspecified atom stereocenters. The maximum Gasteiger partial charge on any atom is 0.279 e. The minimum atomic E-state index is -3.93. The van der Waals surface area contributed by atoms with Crippen LogP contribution in [0.4, 0.5) is 11.4 Å². The Bertz CT molecular complexity index is 1120. The van der Waals surface area contributed by atoms with Gasteiger partial charge in [-0.25, -0.2) is 18.6 Å². The van der Waals surface area contributed by atoms with Crippen LogP contribution in [0, 0.1) is 0 Å². The van der Waals surface area contributed by atoms with Gasteiger partial charge in [0.15, 0.2) is 10.8 Å². The zero-order chi connectivity index (χ0) is 20.6. The van der Waals surface area contributed by atoms with Crippen LogP contribution in [0.25, 0.3) is 0 Å². The smallest absolute Gasteiger partial charge is 0.279 e. The molecule has 0 atom stereocenters. The van der Waals surface area contributed by atoms with Crippen molar-refractivity contribution >= 4 is 66.3 Å². The second kappa shape index (κ2) is 7.59. The molecule has 0 fully saturated rings. The summed E-state index contributed by atoms with van der Waals surface area (Å²) in [5.41, 5.74) is 7.56. The summed E-state index contributed by atoms with van der Waals surface area (Å²) in [6, 6.07) is 11.1. The predicted octanol–water partition coefficient (Wildman–Crippen LogP) is 1.92. The first kappa shape index (κ1) is 20.4. The molecule has 4 N–H and O–H groups in total. The summed E-state index contributed by atoms with van der Waals surface area (Å²) in [5, 5.41) is 10.5. The molecule has 3 rings (SSSR count). The fourth-order valence-electron chi connectivity index (χ4n) is 2.82. The van der Waals surface area contributed by atoms with E-state index >= 15 is 0 Å². The molecule has 28 heavy (non-hydrogen) atoms. The normalized spacial score (nSPS) is 15.0. The van der Waals surface area contributed by atoms with Gasteiger partial charge >= 0.3 is 0 Å². The molecule has 0 saturated heterocycles. The average molecular weight is 482 g/mol. The monoisotopic (exact) mass is 481 g/mol. The number of fused-ring (bicyclic) bond motifs is 1. The summed E-state index contributed by atoms with van der Waals surface area (Å²) < 4.78 is 24.1. The number of primary sulfonamides is 1. The Kier molecular flexibility index (Phi) is 5.53. The van der Waals surface area contributed by atoms with Crippen molar-refractivity contribution in [2.24, 2.45) is 16.0 Å². The molecule has 1 amide bonds. The van der Waals surface area contributed by atoms with Crippen molar-refractivity contribution in [3.63, 3.8) is 0 Å². The standard InChI is InChI=1S/C17H16BrN5O3S2/c1-2-22-14-8-10(18)6-7-13(14)15(16(22)24)21-23(17(19)27)11-4-3-5-12(9-11)28(20,25)26/h3-9H,2H2,1H3,(H2,19,27)(H2,20,25,26)/b21-15-. The molecule has 0 radical (unpaired) electrons. The Labute approximate surface area is 176 Å². The molecular weight excluding hydrogens is 466 g/mol. The molecule has 1 heterocycles. The van der Waals surface area contributed by atoms with Gasteiger partial charge in [0.1, 0.15) is 0 Å². The van der Waals surface area contributed by atoms with Gasteiger partial charge in [-0.05, 0) is 55.5 Å². The first-order valence-corrected chi connectivity index (χ1v) is 10.8. The molecular formula is C17H16BrN5O3S2. The predicted molar refractivity (Wildman–Crippen MR) is 116 cm³/mol. The molecule has 1 aliphatic rings. The Morgan fingerprint density at radius 2 is 2.00 bits per heavy atom. The van der Waals surface area contributed by atoms with Crippen LogP contribution in [-0.4, -0.2) is 31.7 Å². The number of amides is 1. The molecule has 0 saturated carbocycles. The third-order valence-electron chi connectivity index (χ3n) is 4.07. The van der Waals surface area contributed by atoms with Gasteiger partial charge in [0.25, 0.3) is 5.91 Å². The largest absolute Gasteiger partial charge is 0.374 e. The van der Waals surface area contributed by atoms with E-state index in [-0.39, 0.29) is 27.3 Å². The lowest BCUT2D eigenvalue weighted by atomic mass is 10.1. The summed E-state index contributed by atoms with van der Waals surface area (Å²) in [4.78, 5) is 14.3. The Morgan fingerprint density at radius 1 is 1.29 bits per heavy atom. The third-order valence-corrected chi connectivity index (χ3v) is 5.65. The number of thiocarbonyl (C=S) groups is 1. The lowest BCUT2D eigenvalue weighted by Crippen LogP contribution is -2.35. The van der Waals surface area contributed by atoms with Crippen LogP contribution in [0.1, 0.15) is 12.5 Å². The maximum atomic E-state index is 12.9. The summed E-state index contributed by atoms with van der Waals surface area (Å²) in [6.45, 7) is 2.31. The summed E-state index contributed by atoms with van der Waals surface area (Å²) >= 11 is 8.47. The number of anilines is 2. The van der Waals surface area contributed by atoms with Crippen LogP contribution in [0.15, 0.2) is 56.9 Å². The minimum absolute atomic E-state index is 0.122. The number of hydrogen-bond acceptors (Lipinski definition) is 5. The van der Waals surface area contributed by atoms with Crippen LogP contribution >= 0.6 is 28.1 Å². The molecule has 146 valence electrons. The number of carbonyl (C=O) groups is 1. The lowest BCUT2D eigenvalue weighted by Gasteiger charge is -2.18. The van der Waals surface area contributed by atoms with Crippen molar-refractivity contribution in [2.45, 2.75) is 11.8 Å². The second-order valence-electron chi connectivity index (χ2n) is 5.85. The van der Waals surface area contributed by atoms with Crippen molar-refractivity contribution < 1.29 is 13.2 Å². The van der Waals surface area contributed by atoms with Crippen molar-refractivity contribution in [1.29, 1.82) is 0 Å². The molecule has 0 spiro atoms. The summed E-state index contributed by atoms with van der Waals surface area (Å²) in [6.07, 6.45) is 0. The lowest BCUT2D eigenvalue weighted by molar-refractivity contribution is -0.112. The zero-order valence-electron chi connectivity index (χ0n) is 14.7. The van der Waals surface area contributed by atoms with E-state index in [4.69, 9.17) is 23.1 Å². The number of halogens is 1. The van der Waals surface area contributed by atoms with Crippen LogP contribution < -0.4 is 20.8 Å². The average Bonchev–Trinajstić information content (AvgIpc) is 2.88. The van der Waals surface area contributed by atoms with Crippen LogP contribution in [0.5, 0.6) is 0 Å². The van der Waals surface area contributed by atoms with Gasteiger partial charge in [-0.3, -0.25) is 4.79 Å². The molecule has 2 aromatic carbocycles. The Morgan fingerprint density at radius 3 is 2.61 bits per heavy atom. The van der Waals surface area contributed by atoms with Crippen LogP contribution in [0.3, 0.4) is 0 Å². The van der Waals surface area contributed by atoms with Crippen molar-refractivity contribution in [1.82, 2.24) is 0 Å². The minimum Gasteiger partial charge on any atom is -0.374 e. The molecule has 11 heteroatoms. The highest BCUT2D eigenvalue weighted by atomic mass is 79.9. The topological polar surface area (TPSA) is 122 Å². The van der Waals surface area contributed by atoms with E-state index in [2.05, 4.69) is 21.0 Å². The fraction of sp³-hybridized carbons (Fsp3) is 0.118. The number of sulfonamides is 1. The van der Waals surface area contributed by atoms with Gasteiger partial charge in [0.05, 0.1) is 16.3 Å². The second-order valence-corrected chi connectivity index (χ2v) is 8.75. The number of likely N-dealkylation sites (N-methyl/N-ethyl adjacent to an activating group) is 1. The van der Waals surface area contributed by atoms with E-state index in [0.717, 1.165) is 9.48 Å². The van der Waals surface area contributed by atoms with Crippen molar-refractivity contribution in [3.8, 4) is 0 Å². The van der Waals surface area contributed by atoms with Gasteiger partial charge in [-0.15, -0.1) is 0 Å². The number of nitrogens with zero attached hydrogens (tertiary/aromatic N) is 3. The van der Waals surface area contributed by atoms with Gasteiger partial charge in [0, 0.05) is 16.6 Å². The zero-order valence-corrected chi connectivity index (χ0v) is 17.9. The first-order valence-electron chi connectivity index (χ1n) is 8.06. The van der Waals surface area contributed by atoms with E-state index in [1.54, 1.807) is 23.1 Å². The molecule has 0 aliphatic carbocycles. The number of carbonyl (C=O) groups excluding carboxylic acids is 1. The highest BCUT2D eigenvalue weighted by Gasteiger charge is 2.34. The quantitative estimate of drug-likeness (QED) is 0.507. The van der Waals surface area contributed by atoms with E-state index in [1.807, 2.05) is 13.0 Å². The molecule has 1 aliphatic heterocycles. The molecule has 0 bridgehead atoms. The van der Waals surface area contributed by atoms with Gasteiger partial charge < -0.3 is 10.6 Å². The summed E-state index contributed by atoms with van der Waals surface area (Å²) in [5.74, 6) is -0.306. The van der Waals surface area contributed by atoms with Crippen LogP contribution in [0.2, 0.25) is 0 Å². The van der Waals surface area contributed by atoms with Crippen molar-refractivity contribution in [2.75, 3.05) is 16.5 Å². The number of rotatable bonds is 4. The van der Waals surface area contributed by atoms with E-state index in [1.165, 1.54) is 18.2 Å². The number of nitrogens with two attached hydrogens (primary N) is 2. The highest BCUT2D eigenvalue weighted by molar-refractivity contribution is 9.10. The fourth-order valence-corrected chi connectivity index (χ4v) is 3.87. The Hall–Kier alpha value is -2.34. The summed E-state index contributed by atoms with van der Waals surface area (Å²) in [7, 11) is -3.93. The molecule has 8 nitrogen and oxygen atoms in total. The molecule has 0 aromatic heterocycles. The van der Waals surface area contributed by atoms with Gasteiger partial charge in [0.2, 0.25) is 10.0 Å². The SMILES string of the molecule is CCN1C(=O)/C(=N\N(C(N)=S)c2cccc(S(N)(=O)=O)c2)c2ccc(Br)cc21. The maximum absolute atomic E-state index is 12.9. The van der Waals surface area contributed by atoms with E-state index < -0.39 is 10.0 Å². The number of benzene rings is 2. The Balaban J connectivity index is 2.15. The van der Waals surface area contributed by atoms with E-state index in [0.29, 0.717) is 17.8 Å².